The summed E-state index contributed by atoms with van der Waals surface area (Å²) in [5, 5.41) is 18.9. The highest BCUT2D eigenvalue weighted by Crippen LogP contribution is 2.24. The highest BCUT2D eigenvalue weighted by molar-refractivity contribution is 5.85. The molecular weight excluding hydrogens is 214 g/mol. The average Bonchev–Trinajstić information content (AvgIpc) is 2.32. The van der Waals surface area contributed by atoms with Crippen LogP contribution in [0.15, 0.2) is 47.5 Å². The Bertz CT molecular complexity index is 562. The SMILES string of the molecule is Cc1ccc(O)cc1N=Cc1ccccc1O. The molecule has 0 spiro atoms. The third-order valence-corrected chi connectivity index (χ3v) is 2.47. The van der Waals surface area contributed by atoms with Crippen LogP contribution in [-0.2, 0) is 0 Å². The molecule has 2 N–H and O–H groups in total. The smallest absolute Gasteiger partial charge is 0.124 e. The molecule has 0 bridgehead atoms. The van der Waals surface area contributed by atoms with E-state index in [9.17, 15) is 10.2 Å². The normalized spacial score (nSPS) is 10.9. The van der Waals surface area contributed by atoms with Gasteiger partial charge in [-0.1, -0.05) is 18.2 Å². The first-order valence-electron chi connectivity index (χ1n) is 5.28. The molecule has 0 aromatic heterocycles. The molecule has 0 radical (unpaired) electrons. The summed E-state index contributed by atoms with van der Waals surface area (Å²) < 4.78 is 0. The van der Waals surface area contributed by atoms with Gasteiger partial charge in [0.1, 0.15) is 11.5 Å². The van der Waals surface area contributed by atoms with Crippen LogP contribution in [0.1, 0.15) is 11.1 Å². The standard InChI is InChI=1S/C14H13NO2/c1-10-6-7-12(16)8-13(10)15-9-11-4-2-3-5-14(11)17/h2-9,16-17H,1H3. The third-order valence-electron chi connectivity index (χ3n) is 2.47. The Labute approximate surface area is 99.7 Å². The van der Waals surface area contributed by atoms with Crippen molar-refractivity contribution in [2.24, 2.45) is 4.99 Å². The van der Waals surface area contributed by atoms with Gasteiger partial charge in [0, 0.05) is 17.8 Å². The summed E-state index contributed by atoms with van der Waals surface area (Å²) in [7, 11) is 0. The van der Waals surface area contributed by atoms with Gasteiger partial charge in [0.2, 0.25) is 0 Å². The molecule has 0 aliphatic carbocycles. The van der Waals surface area contributed by atoms with E-state index in [1.165, 1.54) is 0 Å². The molecule has 0 heterocycles. The summed E-state index contributed by atoms with van der Waals surface area (Å²) in [5.41, 5.74) is 2.30. The van der Waals surface area contributed by atoms with Crippen LogP contribution in [-0.4, -0.2) is 16.4 Å². The predicted octanol–water partition coefficient (Wildman–Crippen LogP) is 3.16. The lowest BCUT2D eigenvalue weighted by atomic mass is 10.2. The maximum atomic E-state index is 9.57. The molecule has 0 saturated carbocycles. The average molecular weight is 227 g/mol. The minimum absolute atomic E-state index is 0.181. The van der Waals surface area contributed by atoms with Crippen LogP contribution in [0.3, 0.4) is 0 Å². The van der Waals surface area contributed by atoms with Gasteiger partial charge in [-0.3, -0.25) is 4.99 Å². The molecule has 0 aliphatic heterocycles. The highest BCUT2D eigenvalue weighted by atomic mass is 16.3. The number of nitrogens with zero attached hydrogens (tertiary/aromatic N) is 1. The minimum atomic E-state index is 0.181. The zero-order valence-electron chi connectivity index (χ0n) is 9.46. The fourth-order valence-corrected chi connectivity index (χ4v) is 1.47. The van der Waals surface area contributed by atoms with Crippen LogP contribution in [0.2, 0.25) is 0 Å². The van der Waals surface area contributed by atoms with Crippen molar-refractivity contribution in [1.82, 2.24) is 0 Å². The van der Waals surface area contributed by atoms with Gasteiger partial charge in [-0.05, 0) is 30.7 Å². The number of benzene rings is 2. The van der Waals surface area contributed by atoms with Crippen molar-refractivity contribution in [2.75, 3.05) is 0 Å². The van der Waals surface area contributed by atoms with E-state index in [1.807, 2.05) is 13.0 Å². The molecule has 2 aromatic rings. The van der Waals surface area contributed by atoms with Crippen molar-refractivity contribution in [1.29, 1.82) is 0 Å². The predicted molar refractivity (Wildman–Crippen MR) is 68.2 cm³/mol. The zero-order chi connectivity index (χ0) is 12.3. The third kappa shape index (κ3) is 2.64. The largest absolute Gasteiger partial charge is 0.508 e. The molecule has 2 aromatic carbocycles. The van der Waals surface area contributed by atoms with Crippen LogP contribution in [0, 0.1) is 6.92 Å². The first-order valence-corrected chi connectivity index (χ1v) is 5.28. The Morgan fingerprint density at radius 3 is 2.59 bits per heavy atom. The molecular formula is C14H13NO2. The van der Waals surface area contributed by atoms with E-state index >= 15 is 0 Å². The molecule has 2 rings (SSSR count). The molecule has 3 heteroatoms. The van der Waals surface area contributed by atoms with Gasteiger partial charge < -0.3 is 10.2 Å². The van der Waals surface area contributed by atoms with Crippen LogP contribution >= 0.6 is 0 Å². The van der Waals surface area contributed by atoms with Gasteiger partial charge >= 0.3 is 0 Å². The molecule has 0 amide bonds. The lowest BCUT2D eigenvalue weighted by Crippen LogP contribution is -1.82. The van der Waals surface area contributed by atoms with Crippen molar-refractivity contribution in [2.45, 2.75) is 6.92 Å². The number of aromatic hydroxyl groups is 2. The van der Waals surface area contributed by atoms with E-state index in [-0.39, 0.29) is 11.5 Å². The van der Waals surface area contributed by atoms with Crippen molar-refractivity contribution < 1.29 is 10.2 Å². The van der Waals surface area contributed by atoms with E-state index in [4.69, 9.17) is 0 Å². The van der Waals surface area contributed by atoms with Crippen LogP contribution in [0.4, 0.5) is 5.69 Å². The minimum Gasteiger partial charge on any atom is -0.508 e. The number of aliphatic imine (C=N–C) groups is 1. The maximum Gasteiger partial charge on any atom is 0.124 e. The van der Waals surface area contributed by atoms with Gasteiger partial charge in [-0.25, -0.2) is 0 Å². The molecule has 0 saturated heterocycles. The zero-order valence-corrected chi connectivity index (χ0v) is 9.46. The number of rotatable bonds is 2. The van der Waals surface area contributed by atoms with E-state index in [2.05, 4.69) is 4.99 Å². The van der Waals surface area contributed by atoms with Gasteiger partial charge in [0.25, 0.3) is 0 Å². The molecule has 0 unspecified atom stereocenters. The van der Waals surface area contributed by atoms with Crippen molar-refractivity contribution in [3.63, 3.8) is 0 Å². The second kappa shape index (κ2) is 4.70. The fourth-order valence-electron chi connectivity index (χ4n) is 1.47. The van der Waals surface area contributed by atoms with Crippen molar-refractivity contribution >= 4 is 11.9 Å². The lowest BCUT2D eigenvalue weighted by molar-refractivity contribution is 0.474. The maximum absolute atomic E-state index is 9.57. The molecule has 3 nitrogen and oxygen atoms in total. The van der Waals surface area contributed by atoms with Crippen LogP contribution in [0.5, 0.6) is 11.5 Å². The van der Waals surface area contributed by atoms with Crippen molar-refractivity contribution in [3.05, 3.63) is 53.6 Å². The second-order valence-corrected chi connectivity index (χ2v) is 3.79. The summed E-state index contributed by atoms with van der Waals surface area (Å²) in [4.78, 5) is 4.25. The number of hydrogen-bond donors (Lipinski definition) is 2. The van der Waals surface area contributed by atoms with E-state index < -0.39 is 0 Å². The highest BCUT2D eigenvalue weighted by Gasteiger charge is 1.98. The van der Waals surface area contributed by atoms with E-state index in [0.29, 0.717) is 11.3 Å². The number of phenolic OH excluding ortho intramolecular Hbond substituents is 2. The van der Waals surface area contributed by atoms with Gasteiger partial charge in [-0.15, -0.1) is 0 Å². The Hall–Kier alpha value is -2.29. The van der Waals surface area contributed by atoms with Gasteiger partial charge in [-0.2, -0.15) is 0 Å². The lowest BCUT2D eigenvalue weighted by Gasteiger charge is -2.01. The summed E-state index contributed by atoms with van der Waals surface area (Å²) in [6, 6.07) is 12.0. The topological polar surface area (TPSA) is 52.8 Å². The molecule has 0 atom stereocenters. The Balaban J connectivity index is 2.32. The summed E-state index contributed by atoms with van der Waals surface area (Å²) in [5.74, 6) is 0.370. The van der Waals surface area contributed by atoms with E-state index in [1.54, 1.807) is 42.6 Å². The second-order valence-electron chi connectivity index (χ2n) is 3.79. The molecule has 17 heavy (non-hydrogen) atoms. The summed E-state index contributed by atoms with van der Waals surface area (Å²) in [6.45, 7) is 1.91. The van der Waals surface area contributed by atoms with Gasteiger partial charge in [0.05, 0.1) is 5.69 Å². The number of aryl methyl sites for hydroxylation is 1. The number of phenols is 2. The summed E-state index contributed by atoms with van der Waals surface area (Å²) >= 11 is 0. The van der Waals surface area contributed by atoms with E-state index in [0.717, 1.165) is 5.56 Å². The van der Waals surface area contributed by atoms with Gasteiger partial charge in [0.15, 0.2) is 0 Å². The summed E-state index contributed by atoms with van der Waals surface area (Å²) in [6.07, 6.45) is 1.58. The Morgan fingerprint density at radius 2 is 1.82 bits per heavy atom. The first-order chi connectivity index (χ1) is 8.16. The quantitative estimate of drug-likeness (QED) is 0.774. The Morgan fingerprint density at radius 1 is 1.06 bits per heavy atom. The van der Waals surface area contributed by atoms with Crippen LogP contribution in [0.25, 0.3) is 0 Å². The fraction of sp³-hybridized carbons (Fsp3) is 0.0714. The van der Waals surface area contributed by atoms with Crippen LogP contribution < -0.4 is 0 Å². The Kier molecular flexibility index (Phi) is 3.10. The molecule has 86 valence electrons. The van der Waals surface area contributed by atoms with Crippen molar-refractivity contribution in [3.8, 4) is 11.5 Å². The molecule has 0 aliphatic rings. The number of hydrogen-bond acceptors (Lipinski definition) is 3. The molecule has 0 fully saturated rings. The first kappa shape index (κ1) is 11.2. The monoisotopic (exact) mass is 227 g/mol. The number of para-hydroxylation sites is 1.